The number of benzene rings is 2. The fraction of sp³-hybridized carbons (Fsp3) is 0.346. The van der Waals surface area contributed by atoms with Crippen LogP contribution in [-0.2, 0) is 6.54 Å². The monoisotopic (exact) mass is 479 g/mol. The first-order chi connectivity index (χ1) is 16.4. The van der Waals surface area contributed by atoms with Crippen molar-refractivity contribution in [2.24, 2.45) is 5.41 Å². The number of aromatic hydroxyl groups is 1. The minimum absolute atomic E-state index is 0.0227. The van der Waals surface area contributed by atoms with Gasteiger partial charge in [-0.15, -0.1) is 0 Å². The van der Waals surface area contributed by atoms with E-state index in [2.05, 4.69) is 15.7 Å². The number of hydrogen-bond donors (Lipinski definition) is 4. The van der Waals surface area contributed by atoms with Gasteiger partial charge >= 0.3 is 0 Å². The van der Waals surface area contributed by atoms with Crippen molar-refractivity contribution in [1.82, 2.24) is 14.7 Å². The second-order valence-corrected chi connectivity index (χ2v) is 9.83. The molecule has 3 aromatic rings. The van der Waals surface area contributed by atoms with Gasteiger partial charge < -0.3 is 20.6 Å². The van der Waals surface area contributed by atoms with Crippen LogP contribution >= 0.6 is 0 Å². The van der Waals surface area contributed by atoms with E-state index in [4.69, 9.17) is 0 Å². The summed E-state index contributed by atoms with van der Waals surface area (Å²) in [5.41, 5.74) is -0.0921. The summed E-state index contributed by atoms with van der Waals surface area (Å²) in [5, 5.41) is 19.6. The average Bonchev–Trinajstić information content (AvgIpc) is 2.80. The summed E-state index contributed by atoms with van der Waals surface area (Å²) in [5.74, 6) is -0.700. The van der Waals surface area contributed by atoms with Crippen LogP contribution < -0.4 is 21.8 Å². The van der Waals surface area contributed by atoms with Crippen LogP contribution in [0.1, 0.15) is 43.6 Å². The molecule has 1 atom stereocenters. The van der Waals surface area contributed by atoms with E-state index in [1.54, 1.807) is 26.2 Å². The van der Waals surface area contributed by atoms with Crippen molar-refractivity contribution in [1.29, 1.82) is 0 Å². The van der Waals surface area contributed by atoms with Crippen molar-refractivity contribution < 1.29 is 9.90 Å². The summed E-state index contributed by atoms with van der Waals surface area (Å²) in [6.45, 7) is 8.14. The van der Waals surface area contributed by atoms with Crippen LogP contribution in [0.25, 0.3) is 0 Å². The molecule has 0 aliphatic heterocycles. The number of aromatic amines is 1. The number of hydrogen-bond acceptors (Lipinski definition) is 6. The van der Waals surface area contributed by atoms with E-state index in [0.717, 1.165) is 5.56 Å². The van der Waals surface area contributed by atoms with Gasteiger partial charge in [-0.25, -0.2) is 4.68 Å². The van der Waals surface area contributed by atoms with Crippen molar-refractivity contribution in [3.05, 3.63) is 80.4 Å². The zero-order valence-corrected chi connectivity index (χ0v) is 21.0. The highest BCUT2D eigenvalue weighted by Crippen LogP contribution is 2.32. The molecule has 186 valence electrons. The zero-order valence-electron chi connectivity index (χ0n) is 21.0. The lowest BCUT2D eigenvalue weighted by Gasteiger charge is -2.29. The van der Waals surface area contributed by atoms with Gasteiger partial charge in [0.05, 0.1) is 17.8 Å². The third-order valence-electron chi connectivity index (χ3n) is 5.95. The molecule has 0 fully saturated rings. The number of carbonyl (C=O) groups is 1. The predicted molar refractivity (Wildman–Crippen MR) is 139 cm³/mol. The Morgan fingerprint density at radius 1 is 1.06 bits per heavy atom. The van der Waals surface area contributed by atoms with Gasteiger partial charge in [0.15, 0.2) is 5.75 Å². The summed E-state index contributed by atoms with van der Waals surface area (Å²) in [4.78, 5) is 40.5. The van der Waals surface area contributed by atoms with Crippen LogP contribution in [-0.4, -0.2) is 45.8 Å². The standard InChI is InChI=1S/C26H33N5O4/c1-16(26(2,3)4)27-20-21(28-19-14-10-13-18(22(19)32)24(34)30(5)6)25(35)31(29-23(20)33)15-17-11-8-7-9-12-17/h7-14,16,27-28,32H,15H2,1-6H3,(H,29,33). The Bertz CT molecular complexity index is 1320. The minimum Gasteiger partial charge on any atom is -0.505 e. The lowest BCUT2D eigenvalue weighted by Crippen LogP contribution is -2.38. The lowest BCUT2D eigenvalue weighted by atomic mass is 9.88. The smallest absolute Gasteiger partial charge is 0.291 e. The number of H-pyrrole nitrogens is 1. The highest BCUT2D eigenvalue weighted by Gasteiger charge is 2.25. The second-order valence-electron chi connectivity index (χ2n) is 9.83. The van der Waals surface area contributed by atoms with Crippen LogP contribution in [0.3, 0.4) is 0 Å². The summed E-state index contributed by atoms with van der Waals surface area (Å²) < 4.78 is 1.22. The first kappa shape index (κ1) is 25.6. The molecule has 0 radical (unpaired) electrons. The van der Waals surface area contributed by atoms with Gasteiger partial charge in [0.1, 0.15) is 11.4 Å². The van der Waals surface area contributed by atoms with E-state index in [1.807, 2.05) is 58.0 Å². The minimum atomic E-state index is -0.487. The molecule has 3 rings (SSSR count). The molecule has 9 nitrogen and oxygen atoms in total. The number of amides is 1. The molecule has 0 aliphatic rings. The number of aromatic nitrogens is 2. The molecular formula is C26H33N5O4. The Morgan fingerprint density at radius 3 is 2.31 bits per heavy atom. The van der Waals surface area contributed by atoms with E-state index >= 15 is 0 Å². The molecule has 1 unspecified atom stereocenters. The molecule has 0 spiro atoms. The molecule has 0 bridgehead atoms. The molecule has 35 heavy (non-hydrogen) atoms. The molecular weight excluding hydrogens is 446 g/mol. The molecule has 1 aromatic heterocycles. The van der Waals surface area contributed by atoms with E-state index < -0.39 is 17.0 Å². The Hall–Kier alpha value is -4.01. The summed E-state index contributed by atoms with van der Waals surface area (Å²) in [7, 11) is 3.16. The van der Waals surface area contributed by atoms with Crippen molar-refractivity contribution in [3.8, 4) is 5.75 Å². The maximum absolute atomic E-state index is 13.6. The second kappa shape index (κ2) is 10.1. The molecule has 0 aliphatic carbocycles. The molecule has 0 saturated carbocycles. The number of phenols is 1. The number of rotatable bonds is 7. The van der Waals surface area contributed by atoms with Crippen molar-refractivity contribution in [3.63, 3.8) is 0 Å². The maximum atomic E-state index is 13.6. The maximum Gasteiger partial charge on any atom is 0.291 e. The molecule has 9 heteroatoms. The fourth-order valence-corrected chi connectivity index (χ4v) is 3.34. The highest BCUT2D eigenvalue weighted by atomic mass is 16.3. The van der Waals surface area contributed by atoms with Gasteiger partial charge in [0.25, 0.3) is 17.0 Å². The lowest BCUT2D eigenvalue weighted by molar-refractivity contribution is 0.0824. The number of phenolic OH excluding ortho intramolecular Hbond substituents is 1. The topological polar surface area (TPSA) is 119 Å². The molecule has 2 aromatic carbocycles. The first-order valence-corrected chi connectivity index (χ1v) is 11.4. The summed E-state index contributed by atoms with van der Waals surface area (Å²) in [6, 6.07) is 13.8. The fourth-order valence-electron chi connectivity index (χ4n) is 3.34. The van der Waals surface area contributed by atoms with Gasteiger partial charge in [-0.1, -0.05) is 57.2 Å². The van der Waals surface area contributed by atoms with Gasteiger partial charge in [0, 0.05) is 20.1 Å². The third kappa shape index (κ3) is 5.74. The van der Waals surface area contributed by atoms with Crippen molar-refractivity contribution in [2.75, 3.05) is 24.7 Å². The predicted octanol–water partition coefficient (Wildman–Crippen LogP) is 3.58. The molecule has 4 N–H and O–H groups in total. The molecule has 1 amide bonds. The number of anilines is 3. The average molecular weight is 480 g/mol. The highest BCUT2D eigenvalue weighted by molar-refractivity contribution is 5.98. The van der Waals surface area contributed by atoms with Crippen LogP contribution in [0.2, 0.25) is 0 Å². The Balaban J connectivity index is 2.15. The quantitative estimate of drug-likeness (QED) is 0.385. The van der Waals surface area contributed by atoms with E-state index in [-0.39, 0.29) is 46.4 Å². The number of carbonyl (C=O) groups excluding carboxylic acids is 1. The van der Waals surface area contributed by atoms with Crippen LogP contribution in [0.5, 0.6) is 5.75 Å². The Morgan fingerprint density at radius 2 is 1.71 bits per heavy atom. The van der Waals surface area contributed by atoms with Gasteiger partial charge in [-0.3, -0.25) is 19.5 Å². The van der Waals surface area contributed by atoms with Crippen molar-refractivity contribution in [2.45, 2.75) is 40.3 Å². The van der Waals surface area contributed by atoms with E-state index in [9.17, 15) is 19.5 Å². The number of nitrogens with one attached hydrogen (secondary N) is 3. The van der Waals surface area contributed by atoms with Gasteiger partial charge in [-0.2, -0.15) is 0 Å². The SMILES string of the molecule is CC(Nc1c(Nc2cccc(C(=O)N(C)C)c2O)c(=O)n(Cc2ccccc2)[nH]c1=O)C(C)(C)C. The number of para-hydroxylation sites is 1. The Kier molecular flexibility index (Phi) is 7.38. The van der Waals surface area contributed by atoms with Gasteiger partial charge in [0.2, 0.25) is 0 Å². The third-order valence-corrected chi connectivity index (χ3v) is 5.95. The van der Waals surface area contributed by atoms with E-state index in [0.29, 0.717) is 0 Å². The van der Waals surface area contributed by atoms with Gasteiger partial charge in [-0.05, 0) is 30.0 Å². The number of nitrogens with zero attached hydrogens (tertiary/aromatic N) is 2. The van der Waals surface area contributed by atoms with Crippen LogP contribution in [0, 0.1) is 5.41 Å². The molecule has 0 saturated heterocycles. The summed E-state index contributed by atoms with van der Waals surface area (Å²) >= 11 is 0. The van der Waals surface area contributed by atoms with Crippen LogP contribution in [0.4, 0.5) is 17.1 Å². The summed E-state index contributed by atoms with van der Waals surface area (Å²) in [6.07, 6.45) is 0. The van der Waals surface area contributed by atoms with Crippen LogP contribution in [0.15, 0.2) is 58.1 Å². The molecule has 1 heterocycles. The normalized spacial score (nSPS) is 12.2. The Labute approximate surface area is 204 Å². The van der Waals surface area contributed by atoms with Crippen molar-refractivity contribution >= 4 is 23.0 Å². The first-order valence-electron chi connectivity index (χ1n) is 11.4. The zero-order chi connectivity index (χ0) is 25.9. The van der Waals surface area contributed by atoms with E-state index in [1.165, 1.54) is 15.6 Å². The largest absolute Gasteiger partial charge is 0.505 e.